The summed E-state index contributed by atoms with van der Waals surface area (Å²) in [5.41, 5.74) is -1.11. The van der Waals surface area contributed by atoms with Gasteiger partial charge in [-0.2, -0.15) is 13.2 Å². The van der Waals surface area contributed by atoms with Crippen LogP contribution in [-0.4, -0.2) is 9.97 Å². The molecule has 2 heterocycles. The quantitative estimate of drug-likeness (QED) is 0.784. The molecule has 0 atom stereocenters. The molecule has 0 fully saturated rings. The molecule has 7 heteroatoms. The first kappa shape index (κ1) is 11.3. The summed E-state index contributed by atoms with van der Waals surface area (Å²) >= 11 is 6.47. The SMILES string of the molecule is FC(F)(F)c1cc(Cl)cnc1-c1nc[c]s1. The minimum Gasteiger partial charge on any atom is -0.252 e. The number of nitrogens with zero attached hydrogens (tertiary/aromatic N) is 2. The van der Waals surface area contributed by atoms with Crippen molar-refractivity contribution in [2.45, 2.75) is 6.18 Å². The molecule has 0 aromatic carbocycles. The summed E-state index contributed by atoms with van der Waals surface area (Å²) in [6.07, 6.45) is -2.04. The van der Waals surface area contributed by atoms with Gasteiger partial charge in [-0.25, -0.2) is 4.98 Å². The average molecular weight is 264 g/mol. The van der Waals surface area contributed by atoms with E-state index in [4.69, 9.17) is 11.6 Å². The molecule has 0 aliphatic heterocycles. The van der Waals surface area contributed by atoms with Crippen LogP contribution in [0.5, 0.6) is 0 Å². The number of hydrogen-bond donors (Lipinski definition) is 0. The van der Waals surface area contributed by atoms with Crippen LogP contribution in [0.15, 0.2) is 18.5 Å². The highest BCUT2D eigenvalue weighted by Crippen LogP contribution is 2.37. The number of hydrogen-bond acceptors (Lipinski definition) is 3. The number of rotatable bonds is 1. The molecular formula is C9H3ClF3N2S. The lowest BCUT2D eigenvalue weighted by Crippen LogP contribution is -2.08. The van der Waals surface area contributed by atoms with Gasteiger partial charge in [0, 0.05) is 12.4 Å². The first-order valence-corrected chi connectivity index (χ1v) is 5.23. The number of alkyl halides is 3. The maximum atomic E-state index is 12.7. The summed E-state index contributed by atoms with van der Waals surface area (Å²) in [5.74, 6) is 0. The maximum absolute atomic E-state index is 12.7. The number of pyridine rings is 1. The molecule has 2 nitrogen and oxygen atoms in total. The molecule has 0 saturated heterocycles. The second-order valence-electron chi connectivity index (χ2n) is 2.83. The van der Waals surface area contributed by atoms with Crippen LogP contribution in [-0.2, 0) is 6.18 Å². The Morgan fingerprint density at radius 3 is 2.62 bits per heavy atom. The molecular weight excluding hydrogens is 261 g/mol. The minimum absolute atomic E-state index is 0.0587. The van der Waals surface area contributed by atoms with Crippen molar-refractivity contribution in [1.29, 1.82) is 0 Å². The lowest BCUT2D eigenvalue weighted by Gasteiger charge is -2.10. The lowest BCUT2D eigenvalue weighted by molar-refractivity contribution is -0.137. The van der Waals surface area contributed by atoms with E-state index in [-0.39, 0.29) is 15.7 Å². The first-order valence-electron chi connectivity index (χ1n) is 4.03. The number of aromatic nitrogens is 2. The Balaban J connectivity index is 2.62. The third-order valence-electron chi connectivity index (χ3n) is 1.75. The van der Waals surface area contributed by atoms with E-state index >= 15 is 0 Å². The third kappa shape index (κ3) is 2.17. The van der Waals surface area contributed by atoms with Gasteiger partial charge in [-0.15, -0.1) is 11.3 Å². The van der Waals surface area contributed by atoms with Gasteiger partial charge in [-0.3, -0.25) is 4.98 Å². The molecule has 2 rings (SSSR count). The fourth-order valence-corrected chi connectivity index (χ4v) is 1.87. The third-order valence-corrected chi connectivity index (χ3v) is 2.67. The Morgan fingerprint density at radius 1 is 1.31 bits per heavy atom. The molecule has 83 valence electrons. The Hall–Kier alpha value is -1.14. The predicted octanol–water partition coefficient (Wildman–Crippen LogP) is 3.68. The fraction of sp³-hybridized carbons (Fsp3) is 0.111. The lowest BCUT2D eigenvalue weighted by atomic mass is 10.2. The van der Waals surface area contributed by atoms with Crippen molar-refractivity contribution in [3.05, 3.63) is 34.4 Å². The van der Waals surface area contributed by atoms with Crippen molar-refractivity contribution in [3.63, 3.8) is 0 Å². The van der Waals surface area contributed by atoms with Crippen molar-refractivity contribution in [1.82, 2.24) is 9.97 Å². The highest BCUT2D eigenvalue weighted by atomic mass is 35.5. The molecule has 2 aromatic heterocycles. The van der Waals surface area contributed by atoms with E-state index < -0.39 is 11.7 Å². The Morgan fingerprint density at radius 2 is 2.06 bits per heavy atom. The second kappa shape index (κ2) is 4.03. The zero-order valence-electron chi connectivity index (χ0n) is 7.55. The summed E-state index contributed by atoms with van der Waals surface area (Å²) in [6.45, 7) is 0. The van der Waals surface area contributed by atoms with Gasteiger partial charge in [-0.1, -0.05) is 11.6 Å². The van der Waals surface area contributed by atoms with Crippen LogP contribution in [0.3, 0.4) is 0 Å². The van der Waals surface area contributed by atoms with Crippen molar-refractivity contribution in [3.8, 4) is 10.7 Å². The molecule has 0 aliphatic carbocycles. The van der Waals surface area contributed by atoms with Crippen molar-refractivity contribution in [2.24, 2.45) is 0 Å². The standard InChI is InChI=1S/C9H3ClF3N2S/c10-5-3-6(9(11,12)13)7(15-4-5)8-14-1-2-16-8/h1,3-4H. The van der Waals surface area contributed by atoms with Crippen LogP contribution in [0, 0.1) is 5.38 Å². The molecule has 1 radical (unpaired) electrons. The zero-order chi connectivity index (χ0) is 11.8. The normalized spacial score (nSPS) is 11.8. The Bertz CT molecular complexity index is 496. The summed E-state index contributed by atoms with van der Waals surface area (Å²) in [7, 11) is 0. The van der Waals surface area contributed by atoms with Gasteiger partial charge >= 0.3 is 6.18 Å². The van der Waals surface area contributed by atoms with E-state index in [0.29, 0.717) is 0 Å². The molecule has 0 saturated carbocycles. The van der Waals surface area contributed by atoms with Crippen LogP contribution < -0.4 is 0 Å². The highest BCUT2D eigenvalue weighted by Gasteiger charge is 2.35. The minimum atomic E-state index is -4.50. The van der Waals surface area contributed by atoms with E-state index in [0.717, 1.165) is 23.6 Å². The van der Waals surface area contributed by atoms with Gasteiger partial charge in [0.25, 0.3) is 0 Å². The van der Waals surface area contributed by atoms with Crippen LogP contribution in [0.25, 0.3) is 10.7 Å². The van der Waals surface area contributed by atoms with E-state index in [1.54, 1.807) is 0 Å². The summed E-state index contributed by atoms with van der Waals surface area (Å²) in [5, 5.41) is 2.72. The van der Waals surface area contributed by atoms with Crippen LogP contribution in [0.2, 0.25) is 5.02 Å². The molecule has 0 bridgehead atoms. The van der Waals surface area contributed by atoms with Gasteiger partial charge in [0.05, 0.1) is 16.0 Å². The van der Waals surface area contributed by atoms with E-state index in [1.807, 2.05) is 0 Å². The Labute approximate surface area is 97.7 Å². The molecule has 2 aromatic rings. The molecule has 0 amide bonds. The van der Waals surface area contributed by atoms with E-state index in [1.165, 1.54) is 6.20 Å². The van der Waals surface area contributed by atoms with Gasteiger partial charge < -0.3 is 0 Å². The summed E-state index contributed by atoms with van der Waals surface area (Å²) < 4.78 is 38.1. The van der Waals surface area contributed by atoms with Crippen LogP contribution in [0.4, 0.5) is 13.2 Å². The highest BCUT2D eigenvalue weighted by molar-refractivity contribution is 7.12. The number of thiazole rings is 1. The van der Waals surface area contributed by atoms with Gasteiger partial charge in [-0.05, 0) is 6.07 Å². The van der Waals surface area contributed by atoms with Crippen molar-refractivity contribution < 1.29 is 13.2 Å². The average Bonchev–Trinajstić information content (AvgIpc) is 2.69. The largest absolute Gasteiger partial charge is 0.418 e. The van der Waals surface area contributed by atoms with Crippen molar-refractivity contribution >= 4 is 22.9 Å². The summed E-state index contributed by atoms with van der Waals surface area (Å²) in [4.78, 5) is 7.41. The monoisotopic (exact) mass is 263 g/mol. The molecule has 0 unspecified atom stereocenters. The molecule has 0 spiro atoms. The number of halogens is 4. The van der Waals surface area contributed by atoms with Crippen LogP contribution >= 0.6 is 22.9 Å². The van der Waals surface area contributed by atoms with Gasteiger partial charge in [0.15, 0.2) is 0 Å². The smallest absolute Gasteiger partial charge is 0.252 e. The predicted molar refractivity (Wildman–Crippen MR) is 54.2 cm³/mol. The van der Waals surface area contributed by atoms with Gasteiger partial charge in [0.2, 0.25) is 0 Å². The first-order chi connectivity index (χ1) is 7.48. The second-order valence-corrected chi connectivity index (χ2v) is 4.09. The molecule has 0 aliphatic rings. The van der Waals surface area contributed by atoms with E-state index in [2.05, 4.69) is 15.3 Å². The van der Waals surface area contributed by atoms with E-state index in [9.17, 15) is 13.2 Å². The Kier molecular flexibility index (Phi) is 2.86. The maximum Gasteiger partial charge on any atom is 0.418 e. The topological polar surface area (TPSA) is 25.8 Å². The fourth-order valence-electron chi connectivity index (χ4n) is 1.13. The zero-order valence-corrected chi connectivity index (χ0v) is 9.12. The molecule has 0 N–H and O–H groups in total. The summed E-state index contributed by atoms with van der Waals surface area (Å²) in [6, 6.07) is 0.839. The van der Waals surface area contributed by atoms with Crippen molar-refractivity contribution in [2.75, 3.05) is 0 Å². The van der Waals surface area contributed by atoms with Gasteiger partial charge in [0.1, 0.15) is 10.7 Å². The molecule has 16 heavy (non-hydrogen) atoms. The van der Waals surface area contributed by atoms with Crippen LogP contribution in [0.1, 0.15) is 5.56 Å².